The largest absolute Gasteiger partial charge is 0.283 e. The average Bonchev–Trinajstić information content (AvgIpc) is 2.58. The lowest BCUT2D eigenvalue weighted by molar-refractivity contribution is -0.387. The molecule has 0 unspecified atom stereocenters. The second kappa shape index (κ2) is 5.27. The fourth-order valence-corrected chi connectivity index (χ4v) is 4.09. The number of benzene rings is 1. The summed E-state index contributed by atoms with van der Waals surface area (Å²) in [7, 11) is 0. The van der Waals surface area contributed by atoms with Crippen LogP contribution in [0.1, 0.15) is 0 Å². The molecule has 0 radical (unpaired) electrons. The number of nitro benzene ring substituents is 1. The molecule has 0 aliphatic heterocycles. The normalized spacial score (nSPS) is 10.5. The van der Waals surface area contributed by atoms with Crippen molar-refractivity contribution in [2.45, 2.75) is 9.10 Å². The van der Waals surface area contributed by atoms with Gasteiger partial charge in [0.05, 0.1) is 23.4 Å². The molecular formula is C10H5Cl2NO2S2. The van der Waals surface area contributed by atoms with E-state index in [2.05, 4.69) is 0 Å². The van der Waals surface area contributed by atoms with Gasteiger partial charge in [0.1, 0.15) is 0 Å². The van der Waals surface area contributed by atoms with Gasteiger partial charge in [0.25, 0.3) is 5.69 Å². The summed E-state index contributed by atoms with van der Waals surface area (Å²) in [4.78, 5) is 11.0. The van der Waals surface area contributed by atoms with E-state index in [0.717, 1.165) is 4.21 Å². The van der Waals surface area contributed by atoms with Crippen LogP contribution in [0.3, 0.4) is 0 Å². The lowest BCUT2D eigenvalue weighted by Gasteiger charge is -2.00. The minimum atomic E-state index is -0.411. The highest BCUT2D eigenvalue weighted by Gasteiger charge is 2.16. The number of nitro groups is 1. The third-order valence-corrected chi connectivity index (χ3v) is 4.94. The van der Waals surface area contributed by atoms with Gasteiger partial charge in [-0.25, -0.2) is 0 Å². The molecule has 0 aliphatic rings. The first-order chi connectivity index (χ1) is 8.08. The molecule has 2 aromatic rings. The van der Waals surface area contributed by atoms with E-state index in [0.29, 0.717) is 14.3 Å². The van der Waals surface area contributed by atoms with Crippen LogP contribution in [0, 0.1) is 10.1 Å². The molecule has 7 heteroatoms. The van der Waals surface area contributed by atoms with Crippen molar-refractivity contribution >= 4 is 52.0 Å². The van der Waals surface area contributed by atoms with Gasteiger partial charge in [-0.05, 0) is 12.1 Å². The van der Waals surface area contributed by atoms with Crippen LogP contribution in [0.2, 0.25) is 9.36 Å². The Hall–Kier alpha value is -0.750. The smallest absolute Gasteiger partial charge is 0.258 e. The Labute approximate surface area is 116 Å². The summed E-state index contributed by atoms with van der Waals surface area (Å²) in [5, 5.41) is 11.4. The zero-order chi connectivity index (χ0) is 12.4. The molecule has 0 atom stereocenters. The molecule has 0 bridgehead atoms. The Morgan fingerprint density at radius 1 is 1.29 bits per heavy atom. The third kappa shape index (κ3) is 2.93. The first-order valence-corrected chi connectivity index (χ1v) is 6.83. The van der Waals surface area contributed by atoms with Crippen molar-refractivity contribution in [1.29, 1.82) is 0 Å². The SMILES string of the molecule is O=[N+]([O-])c1ccccc1Sc1sc(Cl)cc1Cl. The maximum atomic E-state index is 10.8. The Bertz CT molecular complexity index is 571. The number of thiophene rings is 1. The number of nitrogens with zero attached hydrogens (tertiary/aromatic N) is 1. The maximum Gasteiger partial charge on any atom is 0.283 e. The van der Waals surface area contributed by atoms with Crippen LogP contribution in [0.4, 0.5) is 5.69 Å². The second-order valence-electron chi connectivity index (χ2n) is 3.01. The van der Waals surface area contributed by atoms with Crippen molar-refractivity contribution < 1.29 is 4.92 Å². The van der Waals surface area contributed by atoms with Crippen LogP contribution in [-0.2, 0) is 0 Å². The van der Waals surface area contributed by atoms with Gasteiger partial charge in [-0.2, -0.15) is 0 Å². The molecule has 0 amide bonds. The molecular weight excluding hydrogens is 301 g/mol. The zero-order valence-electron chi connectivity index (χ0n) is 8.22. The van der Waals surface area contributed by atoms with Gasteiger partial charge in [0.15, 0.2) is 0 Å². The Kier molecular flexibility index (Phi) is 3.93. The molecule has 3 nitrogen and oxygen atoms in total. The van der Waals surface area contributed by atoms with Crippen molar-refractivity contribution in [3.8, 4) is 0 Å². The van der Waals surface area contributed by atoms with Crippen LogP contribution in [-0.4, -0.2) is 4.92 Å². The van der Waals surface area contributed by atoms with Gasteiger partial charge in [0, 0.05) is 6.07 Å². The summed E-state index contributed by atoms with van der Waals surface area (Å²) in [6.07, 6.45) is 0. The fourth-order valence-electron chi connectivity index (χ4n) is 1.19. The van der Waals surface area contributed by atoms with E-state index in [1.165, 1.54) is 29.2 Å². The minimum Gasteiger partial charge on any atom is -0.258 e. The van der Waals surface area contributed by atoms with Gasteiger partial charge in [-0.3, -0.25) is 10.1 Å². The van der Waals surface area contributed by atoms with Crippen LogP contribution in [0.5, 0.6) is 0 Å². The molecule has 1 aromatic heterocycles. The minimum absolute atomic E-state index is 0.0677. The van der Waals surface area contributed by atoms with Crippen molar-refractivity contribution in [1.82, 2.24) is 0 Å². The van der Waals surface area contributed by atoms with E-state index in [1.807, 2.05) is 0 Å². The van der Waals surface area contributed by atoms with Gasteiger partial charge < -0.3 is 0 Å². The molecule has 0 saturated carbocycles. The first-order valence-electron chi connectivity index (χ1n) is 4.44. The summed E-state index contributed by atoms with van der Waals surface area (Å²) >= 11 is 14.3. The van der Waals surface area contributed by atoms with Gasteiger partial charge in [-0.15, -0.1) is 11.3 Å². The number of hydrogen-bond donors (Lipinski definition) is 0. The fraction of sp³-hybridized carbons (Fsp3) is 0. The molecule has 0 N–H and O–H groups in total. The maximum absolute atomic E-state index is 10.8. The number of hydrogen-bond acceptors (Lipinski definition) is 4. The standard InChI is InChI=1S/C10H5Cl2NO2S2/c11-6-5-9(12)17-10(6)16-8-4-2-1-3-7(8)13(14)15/h1-5H. The predicted molar refractivity (Wildman–Crippen MR) is 71.6 cm³/mol. The van der Waals surface area contributed by atoms with Crippen molar-refractivity contribution in [3.63, 3.8) is 0 Å². The molecule has 0 saturated heterocycles. The van der Waals surface area contributed by atoms with Crippen molar-refractivity contribution in [2.75, 3.05) is 0 Å². The summed E-state index contributed by atoms with van der Waals surface area (Å²) < 4.78 is 1.32. The van der Waals surface area contributed by atoms with E-state index in [4.69, 9.17) is 23.2 Å². The number of rotatable bonds is 3. The first kappa shape index (κ1) is 12.7. The van der Waals surface area contributed by atoms with Crippen molar-refractivity contribution in [3.05, 3.63) is 49.8 Å². The summed E-state index contributed by atoms with van der Waals surface area (Å²) in [6.45, 7) is 0. The highest BCUT2D eigenvalue weighted by Crippen LogP contribution is 2.43. The van der Waals surface area contributed by atoms with Crippen molar-refractivity contribution in [2.24, 2.45) is 0 Å². The van der Waals surface area contributed by atoms with E-state index >= 15 is 0 Å². The third-order valence-electron chi connectivity index (χ3n) is 1.89. The zero-order valence-corrected chi connectivity index (χ0v) is 11.4. The molecule has 1 heterocycles. The molecule has 1 aromatic carbocycles. The topological polar surface area (TPSA) is 43.1 Å². The Balaban J connectivity index is 2.36. The number of halogens is 2. The van der Waals surface area contributed by atoms with Gasteiger partial charge in [-0.1, -0.05) is 47.1 Å². The molecule has 88 valence electrons. The summed E-state index contributed by atoms with van der Waals surface area (Å²) in [6, 6.07) is 8.16. The Morgan fingerprint density at radius 3 is 2.59 bits per heavy atom. The predicted octanol–water partition coefficient (Wildman–Crippen LogP) is 5.11. The molecule has 0 fully saturated rings. The highest BCUT2D eigenvalue weighted by atomic mass is 35.5. The average molecular weight is 306 g/mol. The monoisotopic (exact) mass is 305 g/mol. The van der Waals surface area contributed by atoms with Crippen LogP contribution >= 0.6 is 46.3 Å². The molecule has 0 aliphatic carbocycles. The van der Waals surface area contributed by atoms with E-state index in [1.54, 1.807) is 24.3 Å². The molecule has 2 rings (SSSR count). The summed E-state index contributed by atoms with van der Waals surface area (Å²) in [5.74, 6) is 0. The second-order valence-corrected chi connectivity index (χ2v) is 6.41. The highest BCUT2D eigenvalue weighted by molar-refractivity contribution is 8.01. The van der Waals surface area contributed by atoms with E-state index < -0.39 is 4.92 Å². The molecule has 0 spiro atoms. The van der Waals surface area contributed by atoms with Gasteiger partial charge in [0.2, 0.25) is 0 Å². The lowest BCUT2D eigenvalue weighted by Crippen LogP contribution is -1.89. The number of para-hydroxylation sites is 1. The summed E-state index contributed by atoms with van der Waals surface area (Å²) in [5.41, 5.74) is 0.0677. The quantitative estimate of drug-likeness (QED) is 0.584. The van der Waals surface area contributed by atoms with E-state index in [-0.39, 0.29) is 5.69 Å². The van der Waals surface area contributed by atoms with Crippen LogP contribution in [0.15, 0.2) is 39.4 Å². The van der Waals surface area contributed by atoms with Gasteiger partial charge >= 0.3 is 0 Å². The van der Waals surface area contributed by atoms with E-state index in [9.17, 15) is 10.1 Å². The van der Waals surface area contributed by atoms with Crippen LogP contribution < -0.4 is 0 Å². The van der Waals surface area contributed by atoms with Crippen LogP contribution in [0.25, 0.3) is 0 Å². The lowest BCUT2D eigenvalue weighted by atomic mass is 10.3. The Morgan fingerprint density at radius 2 is 2.00 bits per heavy atom. The molecule has 17 heavy (non-hydrogen) atoms.